The third kappa shape index (κ3) is 13.2. The summed E-state index contributed by atoms with van der Waals surface area (Å²) in [7, 11) is 0. The summed E-state index contributed by atoms with van der Waals surface area (Å²) in [6, 6.07) is 109. The molecular weight excluding hydrogens is 1700 g/mol. The molecule has 10 heteroatoms. The third-order valence-electron chi connectivity index (χ3n) is 31.1. The lowest BCUT2D eigenvalue weighted by atomic mass is 9.85. The van der Waals surface area contributed by atoms with Gasteiger partial charge in [-0.25, -0.2) is 9.97 Å². The quantitative estimate of drug-likeness (QED) is 0.123. The predicted octanol–water partition coefficient (Wildman–Crippen LogP) is 35.1. The highest BCUT2D eigenvalue weighted by atomic mass is 15.0. The molecule has 0 spiro atoms. The van der Waals surface area contributed by atoms with Crippen molar-refractivity contribution in [3.8, 4) is 34.1 Å². The Morgan fingerprint density at radius 1 is 0.143 bits per heavy atom. The molecular formula is C130H120N10. The Bertz CT molecular complexity index is 8510. The SMILES string of the molecule is CC(C)(C)c1ccc2c(c1)c1cc(C(C)(C)C)ccc1n2-c1ccc2c(c1)c1cc(-n3c4ccc(C(C)(C)C)cc4c4cc(C(C)(C)C)ccc43)ccc1n2-c1ccc2c(c1)c1cc(-n3c4ccc(-n5c6ccc(C(C)(C)C)cc6c6cc(C(C)(C)C)ccc65)cc4c4cc(-n5c6ccc(C(C)(C)C)cc6c6cc(C(C)(C)C)ccc65)ccc43)ccc1c1nc3c4cccnc4c4ncccc4c3nc21. The van der Waals surface area contributed by atoms with Gasteiger partial charge < -0.3 is 27.4 Å². The van der Waals surface area contributed by atoms with Crippen molar-refractivity contribution in [2.45, 2.75) is 209 Å². The molecule has 0 atom stereocenters. The molecule has 0 bridgehead atoms. The number of hydrogen-bond acceptors (Lipinski definition) is 4. The lowest BCUT2D eigenvalue weighted by Gasteiger charge is -2.19. The molecule has 9 heterocycles. The van der Waals surface area contributed by atoms with Crippen molar-refractivity contribution >= 4 is 196 Å². The summed E-state index contributed by atoms with van der Waals surface area (Å²) >= 11 is 0. The lowest BCUT2D eigenvalue weighted by Crippen LogP contribution is -2.10. The molecule has 0 saturated carbocycles. The van der Waals surface area contributed by atoms with Gasteiger partial charge in [0.15, 0.2) is 0 Å². The van der Waals surface area contributed by atoms with Crippen LogP contribution in [0.2, 0.25) is 0 Å². The topological polar surface area (TPSA) is 81.1 Å². The zero-order valence-electron chi connectivity index (χ0n) is 85.2. The molecule has 0 fully saturated rings. The normalized spacial score (nSPS) is 13.4. The zero-order chi connectivity index (χ0) is 97.1. The van der Waals surface area contributed by atoms with Gasteiger partial charge in [-0.05, 0) is 317 Å². The summed E-state index contributed by atoms with van der Waals surface area (Å²) in [4.78, 5) is 22.0. The van der Waals surface area contributed by atoms with E-state index in [1.807, 2.05) is 24.5 Å². The van der Waals surface area contributed by atoms with Gasteiger partial charge in [-0.2, -0.15) is 0 Å². The maximum Gasteiger partial charge on any atom is 0.0996 e. The first kappa shape index (κ1) is 86.8. The summed E-state index contributed by atoms with van der Waals surface area (Å²) in [6.07, 6.45) is 3.72. The molecule has 690 valence electrons. The van der Waals surface area contributed by atoms with Crippen LogP contribution in [0.15, 0.2) is 291 Å². The average Bonchev–Trinajstić information content (AvgIpc) is 0.745. The first-order chi connectivity index (χ1) is 66.4. The van der Waals surface area contributed by atoms with Crippen LogP contribution in [0.4, 0.5) is 0 Å². The van der Waals surface area contributed by atoms with Crippen molar-refractivity contribution < 1.29 is 0 Å². The molecule has 16 aromatic carbocycles. The summed E-state index contributed by atoms with van der Waals surface area (Å²) in [5, 5.41) is 20.5. The molecule has 0 aliphatic rings. The van der Waals surface area contributed by atoms with Crippen LogP contribution >= 0.6 is 0 Å². The first-order valence-corrected chi connectivity index (χ1v) is 50.1. The molecule has 0 aliphatic carbocycles. The second-order valence-corrected chi connectivity index (χ2v) is 48.6. The van der Waals surface area contributed by atoms with Crippen LogP contribution in [0, 0.1) is 0 Å². The lowest BCUT2D eigenvalue weighted by molar-refractivity contribution is 0.590. The molecule has 0 aliphatic heterocycles. The Morgan fingerprint density at radius 3 is 0.486 bits per heavy atom. The van der Waals surface area contributed by atoms with E-state index >= 15 is 0 Å². The van der Waals surface area contributed by atoms with Gasteiger partial charge in [0.25, 0.3) is 0 Å². The highest BCUT2D eigenvalue weighted by Gasteiger charge is 2.32. The summed E-state index contributed by atoms with van der Waals surface area (Å²) < 4.78 is 15.2. The van der Waals surface area contributed by atoms with E-state index in [2.05, 4.69) is 460 Å². The Kier molecular flexibility index (Phi) is 18.3. The Morgan fingerprint density at radius 2 is 0.300 bits per heavy atom. The maximum absolute atomic E-state index is 5.94. The standard InChI is InChI=1S/C130H120N10/c1-123(2,3)73-29-45-105-93(59-73)94-60-74(124(4,5)6)30-46-106(94)137(105)83-39-53-113-101(69-83)102-70-84(138-107-47-31-75(125(7,8)9)61-95(107)96-62-76(126(10,11)12)32-48-108(96)138)40-54-114(102)135(113)81-37-43-87-91(67-81)92-68-82(38-44-88(92)120-119(87)133-121-89-27-25-57-131-117(89)118-90(122(121)134-120)28-26-58-132-118)136-115-55-41-85(139-109-49-33-77(127(13,14)15)63-97(109)98-64-78(128(16,17)18)34-50-110(98)139)71-103(115)104-72-86(42-56-116(104)136)140-111-51-35-79(129(19,20)21)65-99(111)100-66-80(130(22,23)24)36-52-112(100)140/h25-72H,1-24H3. The number of benzene rings is 16. The van der Waals surface area contributed by atoms with E-state index in [1.165, 1.54) is 132 Å². The van der Waals surface area contributed by atoms with E-state index in [1.54, 1.807) is 0 Å². The molecule has 10 nitrogen and oxygen atoms in total. The molecule has 9 aromatic heterocycles. The van der Waals surface area contributed by atoms with E-state index in [9.17, 15) is 0 Å². The van der Waals surface area contributed by atoms with E-state index in [-0.39, 0.29) is 43.3 Å². The largest absolute Gasteiger partial charge is 0.309 e. The molecule has 0 amide bonds. The van der Waals surface area contributed by atoms with Crippen LogP contribution in [-0.2, 0) is 43.3 Å². The van der Waals surface area contributed by atoms with Gasteiger partial charge in [0.1, 0.15) is 0 Å². The van der Waals surface area contributed by atoms with E-state index in [0.29, 0.717) is 0 Å². The van der Waals surface area contributed by atoms with Crippen LogP contribution in [0.25, 0.3) is 230 Å². The average molecular weight is 1820 g/mol. The maximum atomic E-state index is 5.94. The fourth-order valence-corrected chi connectivity index (χ4v) is 23.0. The second-order valence-electron chi connectivity index (χ2n) is 48.6. The third-order valence-corrected chi connectivity index (χ3v) is 31.1. The number of rotatable bonds is 6. The molecule has 0 N–H and O–H groups in total. The van der Waals surface area contributed by atoms with Crippen molar-refractivity contribution in [2.24, 2.45) is 0 Å². The van der Waals surface area contributed by atoms with Gasteiger partial charge in [0.05, 0.1) is 99.3 Å². The van der Waals surface area contributed by atoms with Crippen molar-refractivity contribution in [3.05, 3.63) is 336 Å². The Hall–Kier alpha value is -14.7. The number of pyridine rings is 2. The van der Waals surface area contributed by atoms with Gasteiger partial charge >= 0.3 is 0 Å². The fraction of sp³-hybridized carbons (Fsp3) is 0.246. The molecule has 25 aromatic rings. The van der Waals surface area contributed by atoms with Gasteiger partial charge in [-0.3, -0.25) is 9.97 Å². The van der Waals surface area contributed by atoms with Gasteiger partial charge in [-0.15, -0.1) is 0 Å². The van der Waals surface area contributed by atoms with Crippen LogP contribution in [0.3, 0.4) is 0 Å². The molecule has 0 saturated heterocycles. The number of aromatic nitrogens is 10. The highest BCUT2D eigenvalue weighted by Crippen LogP contribution is 2.50. The second kappa shape index (κ2) is 29.4. The van der Waals surface area contributed by atoms with E-state index in [0.717, 1.165) is 143 Å². The number of nitrogens with zero attached hydrogens (tertiary/aromatic N) is 10. The minimum atomic E-state index is -0.0602. The highest BCUT2D eigenvalue weighted by molar-refractivity contribution is 6.29. The van der Waals surface area contributed by atoms with Gasteiger partial charge in [-0.1, -0.05) is 227 Å². The van der Waals surface area contributed by atoms with Crippen molar-refractivity contribution in [1.82, 2.24) is 47.3 Å². The fourth-order valence-electron chi connectivity index (χ4n) is 23.0. The van der Waals surface area contributed by atoms with Crippen molar-refractivity contribution in [1.29, 1.82) is 0 Å². The van der Waals surface area contributed by atoms with Crippen molar-refractivity contribution in [2.75, 3.05) is 0 Å². The van der Waals surface area contributed by atoms with E-state index < -0.39 is 0 Å². The van der Waals surface area contributed by atoms with Crippen LogP contribution in [-0.4, -0.2) is 47.3 Å². The van der Waals surface area contributed by atoms with Crippen LogP contribution < -0.4 is 0 Å². The zero-order valence-corrected chi connectivity index (χ0v) is 85.2. The molecule has 25 rings (SSSR count). The molecule has 140 heavy (non-hydrogen) atoms. The summed E-state index contributed by atoms with van der Waals surface area (Å²) in [6.45, 7) is 55.8. The summed E-state index contributed by atoms with van der Waals surface area (Å²) in [5.41, 5.74) is 35.1. The minimum Gasteiger partial charge on any atom is -0.309 e. The summed E-state index contributed by atoms with van der Waals surface area (Å²) in [5.74, 6) is 0. The first-order valence-electron chi connectivity index (χ1n) is 50.1. The van der Waals surface area contributed by atoms with Crippen LogP contribution in [0.1, 0.15) is 211 Å². The van der Waals surface area contributed by atoms with E-state index in [4.69, 9.17) is 19.9 Å². The minimum absolute atomic E-state index is 0.0602. The smallest absolute Gasteiger partial charge is 0.0996 e. The van der Waals surface area contributed by atoms with Gasteiger partial charge in [0.2, 0.25) is 0 Å². The predicted molar refractivity (Wildman–Crippen MR) is 598 cm³/mol. The number of fused-ring (bicyclic) bond motifs is 30. The van der Waals surface area contributed by atoms with Crippen LogP contribution in [0.5, 0.6) is 0 Å². The Balaban J connectivity index is 0.770. The monoisotopic (exact) mass is 1820 g/mol. The van der Waals surface area contributed by atoms with Gasteiger partial charge in [0, 0.05) is 133 Å². The Labute approximate surface area is 817 Å². The molecule has 0 radical (unpaired) electrons. The number of hydrogen-bond donors (Lipinski definition) is 0. The molecule has 0 unspecified atom stereocenters. The van der Waals surface area contributed by atoms with Crippen molar-refractivity contribution in [3.63, 3.8) is 0 Å².